The predicted octanol–water partition coefficient (Wildman–Crippen LogP) is 1.39. The van der Waals surface area contributed by atoms with Crippen LogP contribution in [-0.4, -0.2) is 19.5 Å². The van der Waals surface area contributed by atoms with Crippen LogP contribution in [0.1, 0.15) is 17.1 Å². The average molecular weight is 194 g/mol. The molecule has 0 N–H and O–H groups in total. The highest BCUT2D eigenvalue weighted by Crippen LogP contribution is 2.16. The Morgan fingerprint density at radius 3 is 2.31 bits per heavy atom. The van der Waals surface area contributed by atoms with Gasteiger partial charge in [0.2, 0.25) is 0 Å². The highest BCUT2D eigenvalue weighted by Gasteiger charge is 2.09. The number of hydrogen-bond acceptors (Lipinski definition) is 3. The van der Waals surface area contributed by atoms with Gasteiger partial charge in [0, 0.05) is 0 Å². The molecular weight excluding hydrogens is 183 g/mol. The standard InChI is InChI=1S/C8H11N4P/c1-4-5(2)10-8-7(9-4)6(3)11-12(8)13/h13H2,1-3H3. The fourth-order valence-corrected chi connectivity index (χ4v) is 1.60. The van der Waals surface area contributed by atoms with Crippen molar-refractivity contribution in [3.05, 3.63) is 17.1 Å². The zero-order chi connectivity index (χ0) is 9.59. The highest BCUT2D eigenvalue weighted by atomic mass is 31.0. The lowest BCUT2D eigenvalue weighted by molar-refractivity contribution is 0.984. The molecule has 4 nitrogen and oxygen atoms in total. The van der Waals surface area contributed by atoms with Gasteiger partial charge in [-0.3, -0.25) is 0 Å². The lowest BCUT2D eigenvalue weighted by atomic mass is 10.3. The maximum atomic E-state index is 4.44. The summed E-state index contributed by atoms with van der Waals surface area (Å²) in [6.45, 7) is 5.85. The molecule has 0 spiro atoms. The van der Waals surface area contributed by atoms with Gasteiger partial charge >= 0.3 is 0 Å². The van der Waals surface area contributed by atoms with Crippen molar-refractivity contribution in [3.8, 4) is 0 Å². The van der Waals surface area contributed by atoms with Crippen molar-refractivity contribution in [1.29, 1.82) is 0 Å². The monoisotopic (exact) mass is 194 g/mol. The molecule has 0 aliphatic heterocycles. The highest BCUT2D eigenvalue weighted by molar-refractivity contribution is 7.14. The fraction of sp³-hybridized carbons (Fsp3) is 0.375. The Labute approximate surface area is 78.6 Å². The molecule has 0 bridgehead atoms. The number of nitrogens with zero attached hydrogens (tertiary/aromatic N) is 4. The van der Waals surface area contributed by atoms with Crippen LogP contribution in [0.2, 0.25) is 0 Å². The van der Waals surface area contributed by atoms with Crippen molar-refractivity contribution in [1.82, 2.24) is 19.5 Å². The number of aryl methyl sites for hydroxylation is 3. The second kappa shape index (κ2) is 2.74. The Kier molecular flexibility index (Phi) is 1.81. The second-order valence-corrected chi connectivity index (χ2v) is 3.59. The summed E-state index contributed by atoms with van der Waals surface area (Å²) in [5.41, 5.74) is 4.55. The minimum absolute atomic E-state index is 0.825. The molecule has 0 amide bonds. The second-order valence-electron chi connectivity index (χ2n) is 3.10. The van der Waals surface area contributed by atoms with Gasteiger partial charge in [-0.05, 0) is 30.2 Å². The first kappa shape index (κ1) is 8.57. The van der Waals surface area contributed by atoms with Gasteiger partial charge in [-0.25, -0.2) is 14.4 Å². The molecule has 2 rings (SSSR count). The Morgan fingerprint density at radius 1 is 1.00 bits per heavy atom. The van der Waals surface area contributed by atoms with Crippen molar-refractivity contribution < 1.29 is 0 Å². The van der Waals surface area contributed by atoms with Crippen LogP contribution in [-0.2, 0) is 0 Å². The summed E-state index contributed by atoms with van der Waals surface area (Å²) in [4.78, 5) is 8.85. The molecule has 0 saturated heterocycles. The maximum absolute atomic E-state index is 4.44. The van der Waals surface area contributed by atoms with Gasteiger partial charge in [0.25, 0.3) is 0 Å². The van der Waals surface area contributed by atoms with Gasteiger partial charge in [-0.15, -0.1) is 0 Å². The van der Waals surface area contributed by atoms with Crippen LogP contribution in [0, 0.1) is 20.8 Å². The molecule has 0 radical (unpaired) electrons. The van der Waals surface area contributed by atoms with E-state index in [2.05, 4.69) is 24.5 Å². The van der Waals surface area contributed by atoms with Crippen LogP contribution < -0.4 is 0 Å². The third kappa shape index (κ3) is 1.22. The number of aromatic nitrogens is 4. The quantitative estimate of drug-likeness (QED) is 0.595. The molecule has 0 aromatic carbocycles. The molecule has 0 fully saturated rings. The van der Waals surface area contributed by atoms with E-state index in [0.717, 1.165) is 28.2 Å². The topological polar surface area (TPSA) is 43.6 Å². The maximum Gasteiger partial charge on any atom is 0.180 e. The number of hydrogen-bond donors (Lipinski definition) is 0. The van der Waals surface area contributed by atoms with Gasteiger partial charge in [-0.1, -0.05) is 0 Å². The van der Waals surface area contributed by atoms with Crippen LogP contribution in [0.25, 0.3) is 11.2 Å². The van der Waals surface area contributed by atoms with Crippen LogP contribution in [0.5, 0.6) is 0 Å². The Hall–Kier alpha value is -1.02. The van der Waals surface area contributed by atoms with Crippen molar-refractivity contribution in [2.75, 3.05) is 0 Å². The van der Waals surface area contributed by atoms with E-state index < -0.39 is 0 Å². The summed E-state index contributed by atoms with van der Waals surface area (Å²) < 4.78 is 1.68. The molecule has 68 valence electrons. The van der Waals surface area contributed by atoms with Gasteiger partial charge in [0.15, 0.2) is 5.65 Å². The summed E-state index contributed by atoms with van der Waals surface area (Å²) in [5.74, 6) is 0. The van der Waals surface area contributed by atoms with Gasteiger partial charge in [0.1, 0.15) is 5.52 Å². The van der Waals surface area contributed by atoms with Crippen LogP contribution in [0.4, 0.5) is 0 Å². The molecule has 2 heterocycles. The molecule has 1 unspecified atom stereocenters. The number of rotatable bonds is 0. The average Bonchev–Trinajstić information content (AvgIpc) is 2.31. The first-order valence-electron chi connectivity index (χ1n) is 4.05. The smallest absolute Gasteiger partial charge is 0.180 e. The van der Waals surface area contributed by atoms with E-state index >= 15 is 0 Å². The summed E-state index contributed by atoms with van der Waals surface area (Å²) in [6, 6.07) is 0. The van der Waals surface area contributed by atoms with Crippen molar-refractivity contribution in [2.24, 2.45) is 0 Å². The Bertz CT molecular complexity index is 432. The minimum Gasteiger partial charge on any atom is -0.246 e. The zero-order valence-electron chi connectivity index (χ0n) is 7.87. The lowest BCUT2D eigenvalue weighted by Gasteiger charge is -1.98. The normalized spacial score (nSPS) is 11.1. The summed E-state index contributed by atoms with van der Waals surface area (Å²) in [7, 11) is 2.51. The summed E-state index contributed by atoms with van der Waals surface area (Å²) >= 11 is 0. The van der Waals surface area contributed by atoms with Crippen LogP contribution in [0.15, 0.2) is 0 Å². The molecule has 1 atom stereocenters. The van der Waals surface area contributed by atoms with Crippen molar-refractivity contribution >= 4 is 20.6 Å². The molecular formula is C8H11N4P. The molecule has 0 aliphatic rings. The van der Waals surface area contributed by atoms with E-state index in [9.17, 15) is 0 Å². The lowest BCUT2D eigenvalue weighted by Crippen LogP contribution is -1.93. The van der Waals surface area contributed by atoms with Gasteiger partial charge < -0.3 is 0 Å². The fourth-order valence-electron chi connectivity index (χ4n) is 1.25. The third-order valence-corrected chi connectivity index (χ3v) is 2.47. The van der Waals surface area contributed by atoms with E-state index in [1.807, 2.05) is 20.8 Å². The minimum atomic E-state index is 0.825. The molecule has 0 aliphatic carbocycles. The SMILES string of the molecule is Cc1nc2c(C)nn(P)c2nc1C. The van der Waals surface area contributed by atoms with Crippen molar-refractivity contribution in [2.45, 2.75) is 20.8 Å². The van der Waals surface area contributed by atoms with E-state index in [1.54, 1.807) is 4.45 Å². The van der Waals surface area contributed by atoms with E-state index in [0.29, 0.717) is 0 Å². The predicted molar refractivity (Wildman–Crippen MR) is 54.6 cm³/mol. The van der Waals surface area contributed by atoms with Gasteiger partial charge in [0.05, 0.1) is 17.1 Å². The zero-order valence-corrected chi connectivity index (χ0v) is 9.02. The van der Waals surface area contributed by atoms with E-state index in [1.165, 1.54) is 0 Å². The Morgan fingerprint density at radius 2 is 1.62 bits per heavy atom. The summed E-state index contributed by atoms with van der Waals surface area (Å²) in [5, 5.41) is 4.23. The van der Waals surface area contributed by atoms with Crippen LogP contribution >= 0.6 is 9.39 Å². The first-order chi connectivity index (χ1) is 6.09. The Balaban J connectivity index is 2.91. The van der Waals surface area contributed by atoms with E-state index in [4.69, 9.17) is 0 Å². The third-order valence-electron chi connectivity index (χ3n) is 2.11. The van der Waals surface area contributed by atoms with E-state index in [-0.39, 0.29) is 0 Å². The van der Waals surface area contributed by atoms with Gasteiger partial charge in [-0.2, -0.15) is 5.10 Å². The van der Waals surface area contributed by atoms with Crippen molar-refractivity contribution in [3.63, 3.8) is 0 Å². The largest absolute Gasteiger partial charge is 0.246 e. The molecule has 0 saturated carbocycles. The molecule has 5 heteroatoms. The number of fused-ring (bicyclic) bond motifs is 1. The molecule has 2 aromatic rings. The molecule has 2 aromatic heterocycles. The summed E-state index contributed by atoms with van der Waals surface area (Å²) in [6.07, 6.45) is 0. The first-order valence-corrected chi connectivity index (χ1v) is 4.57. The van der Waals surface area contributed by atoms with Crippen LogP contribution in [0.3, 0.4) is 0 Å². The molecule has 13 heavy (non-hydrogen) atoms.